The molecule has 3 heterocycles. The Morgan fingerprint density at radius 3 is 2.40 bits per heavy atom. The fraction of sp³-hybridized carbons (Fsp3) is 0.320. The molecular formula is C25H28N4O. The zero-order valence-corrected chi connectivity index (χ0v) is 17.4. The monoisotopic (exact) mass is 400 g/mol. The number of hydrogen-bond donors (Lipinski definition) is 0. The van der Waals surface area contributed by atoms with Gasteiger partial charge in [-0.1, -0.05) is 30.3 Å². The predicted octanol–water partition coefficient (Wildman–Crippen LogP) is 3.67. The molecular weight excluding hydrogens is 372 g/mol. The third kappa shape index (κ3) is 4.92. The molecule has 0 N–H and O–H groups in total. The van der Waals surface area contributed by atoms with Gasteiger partial charge in [-0.05, 0) is 54.3 Å². The third-order valence-corrected chi connectivity index (χ3v) is 5.77. The average Bonchev–Trinajstić information content (AvgIpc) is 2.94. The van der Waals surface area contributed by atoms with Crippen molar-refractivity contribution in [3.05, 3.63) is 84.4 Å². The van der Waals surface area contributed by atoms with Crippen LogP contribution in [0.25, 0.3) is 11.1 Å². The van der Waals surface area contributed by atoms with Crippen LogP contribution >= 0.6 is 0 Å². The Labute approximate surface area is 178 Å². The molecule has 5 nitrogen and oxygen atoms in total. The Morgan fingerprint density at radius 1 is 0.933 bits per heavy atom. The molecule has 1 aliphatic heterocycles. The molecule has 1 atom stereocenters. The molecule has 1 amide bonds. The van der Waals surface area contributed by atoms with E-state index >= 15 is 0 Å². The lowest BCUT2D eigenvalue weighted by atomic mass is 9.96. The lowest BCUT2D eigenvalue weighted by molar-refractivity contribution is -0.134. The van der Waals surface area contributed by atoms with E-state index in [1.807, 2.05) is 47.8 Å². The van der Waals surface area contributed by atoms with Crippen molar-refractivity contribution in [3.8, 4) is 11.1 Å². The van der Waals surface area contributed by atoms with Gasteiger partial charge < -0.3 is 4.90 Å². The standard InChI is InChI=1S/C25H28N4O/c1-2-29-16-15-28(19-24-5-3-4-12-27-24)18-23(25(29)30)17-20-6-8-21(9-7-20)22-10-13-26-14-11-22/h3-14,23H,2,15-19H2,1H3/t23-/m1/s1. The molecule has 1 aliphatic rings. The Balaban J connectivity index is 1.49. The summed E-state index contributed by atoms with van der Waals surface area (Å²) < 4.78 is 0. The highest BCUT2D eigenvalue weighted by Gasteiger charge is 2.29. The molecule has 0 saturated carbocycles. The Kier molecular flexibility index (Phi) is 6.50. The molecule has 5 heteroatoms. The van der Waals surface area contributed by atoms with Crippen molar-refractivity contribution < 1.29 is 4.79 Å². The summed E-state index contributed by atoms with van der Waals surface area (Å²) >= 11 is 0. The van der Waals surface area contributed by atoms with Gasteiger partial charge in [0.15, 0.2) is 0 Å². The van der Waals surface area contributed by atoms with Crippen LogP contribution in [0.1, 0.15) is 18.2 Å². The lowest BCUT2D eigenvalue weighted by Crippen LogP contribution is -2.37. The van der Waals surface area contributed by atoms with Crippen LogP contribution in [0.2, 0.25) is 0 Å². The topological polar surface area (TPSA) is 49.3 Å². The van der Waals surface area contributed by atoms with Gasteiger partial charge in [-0.2, -0.15) is 0 Å². The first-order chi connectivity index (χ1) is 14.7. The minimum atomic E-state index is -0.0389. The van der Waals surface area contributed by atoms with Crippen LogP contribution in [0.4, 0.5) is 0 Å². The van der Waals surface area contributed by atoms with Gasteiger partial charge in [0.2, 0.25) is 5.91 Å². The van der Waals surface area contributed by atoms with Crippen molar-refractivity contribution in [1.29, 1.82) is 0 Å². The van der Waals surface area contributed by atoms with Gasteiger partial charge in [0, 0.05) is 51.3 Å². The number of pyridine rings is 2. The molecule has 1 fully saturated rings. The summed E-state index contributed by atoms with van der Waals surface area (Å²) in [5.74, 6) is 0.224. The zero-order valence-electron chi connectivity index (χ0n) is 17.4. The molecule has 0 unspecified atom stereocenters. The van der Waals surface area contributed by atoms with Crippen molar-refractivity contribution >= 4 is 5.91 Å². The summed E-state index contributed by atoms with van der Waals surface area (Å²) in [4.78, 5) is 26.1. The Hall–Kier alpha value is -3.05. The van der Waals surface area contributed by atoms with Gasteiger partial charge in [0.05, 0.1) is 11.6 Å². The van der Waals surface area contributed by atoms with E-state index in [2.05, 4.69) is 52.1 Å². The maximum atomic E-state index is 13.1. The summed E-state index contributed by atoms with van der Waals surface area (Å²) in [7, 11) is 0. The third-order valence-electron chi connectivity index (χ3n) is 5.77. The van der Waals surface area contributed by atoms with Gasteiger partial charge >= 0.3 is 0 Å². The predicted molar refractivity (Wildman–Crippen MR) is 119 cm³/mol. The number of aromatic nitrogens is 2. The number of carbonyl (C=O) groups excluding carboxylic acids is 1. The van der Waals surface area contributed by atoms with E-state index in [4.69, 9.17) is 0 Å². The van der Waals surface area contributed by atoms with E-state index in [0.717, 1.165) is 50.4 Å². The first kappa shape index (κ1) is 20.2. The van der Waals surface area contributed by atoms with Crippen molar-refractivity contribution in [2.45, 2.75) is 19.9 Å². The smallest absolute Gasteiger partial charge is 0.227 e. The van der Waals surface area contributed by atoms with Crippen LogP contribution in [0.5, 0.6) is 0 Å². The number of rotatable bonds is 6. The number of benzene rings is 1. The molecule has 0 spiro atoms. The summed E-state index contributed by atoms with van der Waals surface area (Å²) in [6, 6.07) is 18.6. The fourth-order valence-electron chi connectivity index (χ4n) is 4.10. The van der Waals surface area contributed by atoms with E-state index in [1.54, 1.807) is 0 Å². The van der Waals surface area contributed by atoms with E-state index in [-0.39, 0.29) is 11.8 Å². The number of carbonyl (C=O) groups is 1. The number of likely N-dealkylation sites (N-methyl/N-ethyl adjacent to an activating group) is 1. The molecule has 2 aromatic heterocycles. The second-order valence-electron chi connectivity index (χ2n) is 7.81. The van der Waals surface area contributed by atoms with Crippen molar-refractivity contribution in [2.75, 3.05) is 26.2 Å². The number of nitrogens with zero attached hydrogens (tertiary/aromatic N) is 4. The van der Waals surface area contributed by atoms with Crippen molar-refractivity contribution in [3.63, 3.8) is 0 Å². The van der Waals surface area contributed by atoms with Gasteiger partial charge in [-0.3, -0.25) is 19.7 Å². The number of amides is 1. The lowest BCUT2D eigenvalue weighted by Gasteiger charge is -2.23. The molecule has 30 heavy (non-hydrogen) atoms. The Morgan fingerprint density at radius 2 is 1.70 bits per heavy atom. The highest BCUT2D eigenvalue weighted by atomic mass is 16.2. The van der Waals surface area contributed by atoms with Crippen LogP contribution in [-0.4, -0.2) is 51.9 Å². The maximum Gasteiger partial charge on any atom is 0.227 e. The van der Waals surface area contributed by atoms with Crippen LogP contribution in [0, 0.1) is 5.92 Å². The normalized spacial score (nSPS) is 17.7. The SMILES string of the molecule is CCN1CCN(Cc2ccccn2)C[C@@H](Cc2ccc(-c3ccncc3)cc2)C1=O. The zero-order chi connectivity index (χ0) is 20.8. The van der Waals surface area contributed by atoms with E-state index in [9.17, 15) is 4.79 Å². The number of hydrogen-bond acceptors (Lipinski definition) is 4. The molecule has 1 saturated heterocycles. The van der Waals surface area contributed by atoms with Crippen LogP contribution < -0.4 is 0 Å². The molecule has 0 aliphatic carbocycles. The minimum Gasteiger partial charge on any atom is -0.341 e. The Bertz CT molecular complexity index is 944. The summed E-state index contributed by atoms with van der Waals surface area (Å²) in [5, 5.41) is 0. The molecule has 4 rings (SSSR count). The molecule has 3 aromatic rings. The average molecular weight is 401 g/mol. The highest BCUT2D eigenvalue weighted by Crippen LogP contribution is 2.22. The van der Waals surface area contributed by atoms with Gasteiger partial charge in [0.1, 0.15) is 0 Å². The second-order valence-corrected chi connectivity index (χ2v) is 7.81. The molecule has 154 valence electrons. The maximum absolute atomic E-state index is 13.1. The minimum absolute atomic E-state index is 0.0389. The highest BCUT2D eigenvalue weighted by molar-refractivity contribution is 5.79. The molecule has 1 aromatic carbocycles. The van der Waals surface area contributed by atoms with Gasteiger partial charge in [-0.25, -0.2) is 0 Å². The van der Waals surface area contributed by atoms with E-state index < -0.39 is 0 Å². The quantitative estimate of drug-likeness (QED) is 0.634. The molecule has 0 bridgehead atoms. The van der Waals surface area contributed by atoms with Crippen molar-refractivity contribution in [2.24, 2.45) is 5.92 Å². The first-order valence-electron chi connectivity index (χ1n) is 10.6. The van der Waals surface area contributed by atoms with Crippen LogP contribution in [0.15, 0.2) is 73.2 Å². The van der Waals surface area contributed by atoms with Gasteiger partial charge in [0.25, 0.3) is 0 Å². The van der Waals surface area contributed by atoms with Gasteiger partial charge in [-0.15, -0.1) is 0 Å². The van der Waals surface area contributed by atoms with E-state index in [0.29, 0.717) is 0 Å². The molecule has 0 radical (unpaired) electrons. The van der Waals surface area contributed by atoms with Crippen molar-refractivity contribution in [1.82, 2.24) is 19.8 Å². The van der Waals surface area contributed by atoms with Crippen LogP contribution in [-0.2, 0) is 17.8 Å². The van der Waals surface area contributed by atoms with E-state index in [1.165, 1.54) is 11.1 Å². The second kappa shape index (κ2) is 9.63. The summed E-state index contributed by atoms with van der Waals surface area (Å²) in [5.41, 5.74) is 4.57. The summed E-state index contributed by atoms with van der Waals surface area (Å²) in [6.45, 7) is 6.02. The first-order valence-corrected chi connectivity index (χ1v) is 10.6. The summed E-state index contributed by atoms with van der Waals surface area (Å²) in [6.07, 6.45) is 6.20. The largest absolute Gasteiger partial charge is 0.341 e. The van der Waals surface area contributed by atoms with Crippen LogP contribution in [0.3, 0.4) is 0 Å². The fourth-order valence-corrected chi connectivity index (χ4v) is 4.10.